The molecule has 7 heteroatoms. The lowest BCUT2D eigenvalue weighted by molar-refractivity contribution is -0.139. The van der Waals surface area contributed by atoms with Gasteiger partial charge >= 0.3 is 11.9 Å². The molecule has 0 unspecified atom stereocenters. The maximum Gasteiger partial charge on any atom is 0.355 e. The fourth-order valence-electron chi connectivity index (χ4n) is 2.45. The Kier molecular flexibility index (Phi) is 6.03. The van der Waals surface area contributed by atoms with Crippen molar-refractivity contribution in [3.63, 3.8) is 0 Å². The van der Waals surface area contributed by atoms with E-state index in [1.165, 1.54) is 20.3 Å². The summed E-state index contributed by atoms with van der Waals surface area (Å²) >= 11 is 3.44. The smallest absolute Gasteiger partial charge is 0.355 e. The van der Waals surface area contributed by atoms with Gasteiger partial charge in [-0.1, -0.05) is 22.0 Å². The Labute approximate surface area is 154 Å². The molecule has 0 bridgehead atoms. The van der Waals surface area contributed by atoms with Crippen LogP contribution in [0.4, 0.5) is 5.69 Å². The second kappa shape index (κ2) is 8.02. The number of hydrogen-bond acceptors (Lipinski definition) is 6. The molecule has 0 aromatic heterocycles. The quantitative estimate of drug-likeness (QED) is 0.713. The summed E-state index contributed by atoms with van der Waals surface area (Å²) in [5.41, 5.74) is 1.61. The maximum atomic E-state index is 12.4. The first-order chi connectivity index (χ1) is 11.9. The Morgan fingerprint density at radius 3 is 2.32 bits per heavy atom. The molecule has 2 rings (SSSR count). The molecule has 1 aromatic rings. The number of anilines is 1. The molecule has 0 spiro atoms. The van der Waals surface area contributed by atoms with Gasteiger partial charge in [0.25, 0.3) is 0 Å². The number of esters is 2. The van der Waals surface area contributed by atoms with Gasteiger partial charge in [0, 0.05) is 16.2 Å². The second-order valence-electron chi connectivity index (χ2n) is 5.07. The third kappa shape index (κ3) is 3.76. The summed E-state index contributed by atoms with van der Waals surface area (Å²) in [6, 6.07) is 3.65. The van der Waals surface area contributed by atoms with Crippen molar-refractivity contribution >= 4 is 33.6 Å². The van der Waals surface area contributed by atoms with E-state index in [0.29, 0.717) is 11.4 Å². The summed E-state index contributed by atoms with van der Waals surface area (Å²) < 4.78 is 15.8. The summed E-state index contributed by atoms with van der Waals surface area (Å²) in [6.07, 6.45) is 6.55. The molecule has 1 heterocycles. The van der Waals surface area contributed by atoms with Crippen LogP contribution in [0.3, 0.4) is 0 Å². The standard InChI is InChI=1S/C18H18BrNO5/c1-11-14(9-12(19)10-15(11)23-2)20-8-6-5-7-13(17(21)24-3)16(20)18(22)25-4/h5-10H,1-4H3. The van der Waals surface area contributed by atoms with E-state index in [2.05, 4.69) is 15.9 Å². The minimum absolute atomic E-state index is 0.0580. The normalized spacial score (nSPS) is 13.6. The molecule has 0 saturated carbocycles. The maximum absolute atomic E-state index is 12.4. The Bertz CT molecular complexity index is 795. The number of ether oxygens (including phenoxy) is 3. The van der Waals surface area contributed by atoms with Crippen molar-refractivity contribution in [1.29, 1.82) is 0 Å². The highest BCUT2D eigenvalue weighted by molar-refractivity contribution is 9.10. The first-order valence-corrected chi connectivity index (χ1v) is 8.13. The van der Waals surface area contributed by atoms with Gasteiger partial charge in [-0.2, -0.15) is 0 Å². The Hall–Kier alpha value is -2.54. The zero-order valence-corrected chi connectivity index (χ0v) is 15.9. The van der Waals surface area contributed by atoms with E-state index < -0.39 is 11.9 Å². The van der Waals surface area contributed by atoms with E-state index >= 15 is 0 Å². The highest BCUT2D eigenvalue weighted by Crippen LogP contribution is 2.36. The lowest BCUT2D eigenvalue weighted by Gasteiger charge is -2.25. The van der Waals surface area contributed by atoms with Gasteiger partial charge in [-0.3, -0.25) is 0 Å². The molecule has 0 saturated heterocycles. The van der Waals surface area contributed by atoms with Gasteiger partial charge in [-0.25, -0.2) is 9.59 Å². The fraction of sp³-hybridized carbons (Fsp3) is 0.222. The first kappa shape index (κ1) is 18.8. The topological polar surface area (TPSA) is 65.1 Å². The van der Waals surface area contributed by atoms with Crippen LogP contribution in [-0.4, -0.2) is 33.3 Å². The van der Waals surface area contributed by atoms with Crippen LogP contribution in [0.25, 0.3) is 0 Å². The Morgan fingerprint density at radius 1 is 1.04 bits per heavy atom. The molecule has 1 aliphatic heterocycles. The molecular weight excluding hydrogens is 390 g/mol. The van der Waals surface area contributed by atoms with E-state index in [9.17, 15) is 9.59 Å². The van der Waals surface area contributed by atoms with Gasteiger partial charge in [-0.15, -0.1) is 0 Å². The van der Waals surface area contributed by atoms with Gasteiger partial charge in [0.1, 0.15) is 11.4 Å². The minimum atomic E-state index is -0.657. The van der Waals surface area contributed by atoms with E-state index in [4.69, 9.17) is 14.2 Å². The average Bonchev–Trinajstić information content (AvgIpc) is 2.84. The molecule has 0 radical (unpaired) electrons. The van der Waals surface area contributed by atoms with Crippen molar-refractivity contribution in [3.05, 3.63) is 57.9 Å². The number of allylic oxidation sites excluding steroid dienone is 2. The summed E-state index contributed by atoms with van der Waals surface area (Å²) in [5.74, 6) is -0.654. The van der Waals surface area contributed by atoms with Crippen molar-refractivity contribution in [2.45, 2.75) is 6.92 Å². The molecule has 6 nitrogen and oxygen atoms in total. The molecule has 1 aliphatic rings. The zero-order chi connectivity index (χ0) is 18.6. The monoisotopic (exact) mass is 407 g/mol. The molecular formula is C18H18BrNO5. The van der Waals surface area contributed by atoms with Crippen LogP contribution in [-0.2, 0) is 19.1 Å². The molecule has 0 aliphatic carbocycles. The van der Waals surface area contributed by atoms with E-state index in [1.807, 2.05) is 19.1 Å². The minimum Gasteiger partial charge on any atom is -0.496 e. The van der Waals surface area contributed by atoms with E-state index in [1.54, 1.807) is 30.4 Å². The Morgan fingerprint density at radius 2 is 1.72 bits per heavy atom. The van der Waals surface area contributed by atoms with Crippen LogP contribution in [0.5, 0.6) is 5.75 Å². The zero-order valence-electron chi connectivity index (χ0n) is 14.3. The summed E-state index contributed by atoms with van der Waals surface area (Å²) in [5, 5.41) is 0. The second-order valence-corrected chi connectivity index (χ2v) is 5.98. The number of carbonyl (C=O) groups excluding carboxylic acids is 2. The third-order valence-electron chi connectivity index (χ3n) is 3.67. The predicted octanol–water partition coefficient (Wildman–Crippen LogP) is 3.26. The van der Waals surface area contributed by atoms with Crippen molar-refractivity contribution in [2.24, 2.45) is 0 Å². The lowest BCUT2D eigenvalue weighted by Crippen LogP contribution is -2.27. The molecule has 0 amide bonds. The van der Waals surface area contributed by atoms with E-state index in [-0.39, 0.29) is 11.3 Å². The molecule has 0 fully saturated rings. The van der Waals surface area contributed by atoms with Crippen LogP contribution >= 0.6 is 15.9 Å². The van der Waals surface area contributed by atoms with Gasteiger partial charge in [0.15, 0.2) is 0 Å². The van der Waals surface area contributed by atoms with Gasteiger partial charge in [0.2, 0.25) is 0 Å². The van der Waals surface area contributed by atoms with Gasteiger partial charge < -0.3 is 19.1 Å². The predicted molar refractivity (Wildman–Crippen MR) is 97.2 cm³/mol. The highest BCUT2D eigenvalue weighted by Gasteiger charge is 2.28. The number of nitrogens with zero attached hydrogens (tertiary/aromatic N) is 1. The van der Waals surface area contributed by atoms with Crippen LogP contribution in [0.2, 0.25) is 0 Å². The SMILES string of the molecule is COC(=O)C1=C(C(=O)OC)N(c2cc(Br)cc(OC)c2C)C=CC=C1. The largest absolute Gasteiger partial charge is 0.496 e. The first-order valence-electron chi connectivity index (χ1n) is 7.33. The van der Waals surface area contributed by atoms with Gasteiger partial charge in [-0.05, 0) is 31.2 Å². The van der Waals surface area contributed by atoms with Crippen LogP contribution < -0.4 is 9.64 Å². The van der Waals surface area contributed by atoms with Crippen molar-refractivity contribution < 1.29 is 23.8 Å². The summed E-state index contributed by atoms with van der Waals surface area (Å²) in [6.45, 7) is 1.86. The van der Waals surface area contributed by atoms with Crippen molar-refractivity contribution in [3.8, 4) is 5.75 Å². The molecule has 25 heavy (non-hydrogen) atoms. The number of benzene rings is 1. The molecule has 0 N–H and O–H groups in total. The molecule has 1 aromatic carbocycles. The number of rotatable bonds is 4. The summed E-state index contributed by atoms with van der Waals surface area (Å²) in [4.78, 5) is 26.2. The number of halogens is 1. The Balaban J connectivity index is 2.76. The molecule has 132 valence electrons. The number of carbonyl (C=O) groups is 2. The summed E-state index contributed by atoms with van der Waals surface area (Å²) in [7, 11) is 4.08. The average molecular weight is 408 g/mol. The van der Waals surface area contributed by atoms with Crippen molar-refractivity contribution in [2.75, 3.05) is 26.2 Å². The number of methoxy groups -OCH3 is 3. The highest BCUT2D eigenvalue weighted by atomic mass is 79.9. The fourth-order valence-corrected chi connectivity index (χ4v) is 2.88. The van der Waals surface area contributed by atoms with Gasteiger partial charge in [0.05, 0.1) is 32.6 Å². The third-order valence-corrected chi connectivity index (χ3v) is 4.12. The van der Waals surface area contributed by atoms with Crippen LogP contribution in [0.15, 0.2) is 52.3 Å². The van der Waals surface area contributed by atoms with Crippen LogP contribution in [0.1, 0.15) is 5.56 Å². The van der Waals surface area contributed by atoms with Crippen LogP contribution in [0, 0.1) is 6.92 Å². The van der Waals surface area contributed by atoms with E-state index in [0.717, 1.165) is 10.0 Å². The van der Waals surface area contributed by atoms with Crippen molar-refractivity contribution in [1.82, 2.24) is 0 Å². The number of hydrogen-bond donors (Lipinski definition) is 0. The molecule has 0 atom stereocenters. The lowest BCUT2D eigenvalue weighted by atomic mass is 10.1.